The van der Waals surface area contributed by atoms with Crippen LogP contribution in [-0.2, 0) is 11.3 Å². The lowest BCUT2D eigenvalue weighted by Gasteiger charge is -2.06. The molecule has 0 saturated heterocycles. The fraction of sp³-hybridized carbons (Fsp3) is 0.667. The molecule has 0 atom stereocenters. The van der Waals surface area contributed by atoms with Gasteiger partial charge in [0.15, 0.2) is 5.16 Å². The largest absolute Gasteiger partial charge is 0.394 e. The predicted molar refractivity (Wildman–Crippen MR) is 70.8 cm³/mol. The number of aromatic nitrogens is 3. The van der Waals surface area contributed by atoms with Crippen LogP contribution in [0.3, 0.4) is 0 Å². The number of rotatable bonds is 9. The van der Waals surface area contributed by atoms with Crippen LogP contribution >= 0.6 is 11.8 Å². The molecular weight excluding hydrogens is 250 g/mol. The van der Waals surface area contributed by atoms with Crippen molar-refractivity contribution in [2.75, 3.05) is 25.6 Å². The molecule has 1 aromatic rings. The van der Waals surface area contributed by atoms with Crippen LogP contribution in [0.25, 0.3) is 0 Å². The SMILES string of the molecule is C=CCn1c(SCCOCCO)nnc1C1CC1. The first-order valence-electron chi connectivity index (χ1n) is 6.22. The van der Waals surface area contributed by atoms with Crippen LogP contribution in [0.15, 0.2) is 17.8 Å². The van der Waals surface area contributed by atoms with Crippen LogP contribution in [0.5, 0.6) is 0 Å². The van der Waals surface area contributed by atoms with E-state index in [2.05, 4.69) is 21.3 Å². The summed E-state index contributed by atoms with van der Waals surface area (Å²) in [7, 11) is 0. The monoisotopic (exact) mass is 269 g/mol. The third-order valence-electron chi connectivity index (χ3n) is 2.69. The van der Waals surface area contributed by atoms with Gasteiger partial charge in [0.1, 0.15) is 5.82 Å². The highest BCUT2D eigenvalue weighted by Crippen LogP contribution is 2.39. The van der Waals surface area contributed by atoms with E-state index in [-0.39, 0.29) is 6.61 Å². The normalized spacial score (nSPS) is 14.9. The van der Waals surface area contributed by atoms with Crippen molar-refractivity contribution in [2.45, 2.75) is 30.5 Å². The smallest absolute Gasteiger partial charge is 0.191 e. The maximum Gasteiger partial charge on any atom is 0.191 e. The number of aliphatic hydroxyl groups is 1. The highest BCUT2D eigenvalue weighted by Gasteiger charge is 2.29. The van der Waals surface area contributed by atoms with Crippen LogP contribution in [0, 0.1) is 0 Å². The molecule has 1 saturated carbocycles. The zero-order chi connectivity index (χ0) is 12.8. The Labute approximate surface area is 111 Å². The van der Waals surface area contributed by atoms with Crippen molar-refractivity contribution in [1.82, 2.24) is 14.8 Å². The molecule has 0 unspecified atom stereocenters. The molecule has 0 bridgehead atoms. The van der Waals surface area contributed by atoms with E-state index in [4.69, 9.17) is 9.84 Å². The summed E-state index contributed by atoms with van der Waals surface area (Å²) >= 11 is 1.64. The molecule has 6 heteroatoms. The summed E-state index contributed by atoms with van der Waals surface area (Å²) < 4.78 is 7.36. The maximum atomic E-state index is 8.60. The van der Waals surface area contributed by atoms with E-state index in [9.17, 15) is 0 Å². The second-order valence-corrected chi connectivity index (χ2v) is 5.26. The minimum atomic E-state index is 0.0726. The molecule has 0 spiro atoms. The third-order valence-corrected chi connectivity index (χ3v) is 3.63. The molecule has 1 aromatic heterocycles. The summed E-state index contributed by atoms with van der Waals surface area (Å²) in [6.45, 7) is 5.63. The number of aliphatic hydroxyl groups excluding tert-OH is 1. The van der Waals surface area contributed by atoms with Crippen LogP contribution in [0.1, 0.15) is 24.6 Å². The lowest BCUT2D eigenvalue weighted by Crippen LogP contribution is -2.05. The second-order valence-electron chi connectivity index (χ2n) is 4.20. The number of ether oxygens (including phenoxy) is 1. The number of nitrogens with zero attached hydrogens (tertiary/aromatic N) is 3. The van der Waals surface area contributed by atoms with Crippen molar-refractivity contribution in [3.63, 3.8) is 0 Å². The molecular formula is C12H19N3O2S. The molecule has 2 rings (SSSR count). The molecule has 1 aliphatic carbocycles. The molecule has 1 N–H and O–H groups in total. The van der Waals surface area contributed by atoms with Gasteiger partial charge in [-0.2, -0.15) is 0 Å². The minimum Gasteiger partial charge on any atom is -0.394 e. The highest BCUT2D eigenvalue weighted by molar-refractivity contribution is 7.99. The molecule has 0 amide bonds. The number of allylic oxidation sites excluding steroid dienone is 1. The molecule has 0 aromatic carbocycles. The zero-order valence-electron chi connectivity index (χ0n) is 10.4. The van der Waals surface area contributed by atoms with E-state index in [1.54, 1.807) is 11.8 Å². The second kappa shape index (κ2) is 6.92. The first-order valence-corrected chi connectivity index (χ1v) is 7.20. The molecule has 5 nitrogen and oxygen atoms in total. The average molecular weight is 269 g/mol. The maximum absolute atomic E-state index is 8.60. The van der Waals surface area contributed by atoms with E-state index in [1.807, 2.05) is 6.08 Å². The Morgan fingerprint density at radius 2 is 2.28 bits per heavy atom. The fourth-order valence-electron chi connectivity index (χ4n) is 1.71. The van der Waals surface area contributed by atoms with Crippen LogP contribution in [0.4, 0.5) is 0 Å². The van der Waals surface area contributed by atoms with E-state index in [1.165, 1.54) is 12.8 Å². The van der Waals surface area contributed by atoms with E-state index >= 15 is 0 Å². The van der Waals surface area contributed by atoms with Crippen molar-refractivity contribution in [3.8, 4) is 0 Å². The molecule has 0 radical (unpaired) electrons. The zero-order valence-corrected chi connectivity index (χ0v) is 11.2. The van der Waals surface area contributed by atoms with Crippen molar-refractivity contribution < 1.29 is 9.84 Å². The topological polar surface area (TPSA) is 60.2 Å². The lowest BCUT2D eigenvalue weighted by molar-refractivity contribution is 0.103. The van der Waals surface area contributed by atoms with Gasteiger partial charge in [-0.15, -0.1) is 16.8 Å². The Kier molecular flexibility index (Phi) is 5.22. The van der Waals surface area contributed by atoms with Gasteiger partial charge in [0.05, 0.1) is 19.8 Å². The van der Waals surface area contributed by atoms with Gasteiger partial charge in [-0.1, -0.05) is 17.8 Å². The molecule has 0 aliphatic heterocycles. The van der Waals surface area contributed by atoms with Crippen molar-refractivity contribution in [1.29, 1.82) is 0 Å². The van der Waals surface area contributed by atoms with Gasteiger partial charge in [0, 0.05) is 18.2 Å². The van der Waals surface area contributed by atoms with Gasteiger partial charge >= 0.3 is 0 Å². The van der Waals surface area contributed by atoms with Gasteiger partial charge in [0.25, 0.3) is 0 Å². The summed E-state index contributed by atoms with van der Waals surface area (Å²) in [6, 6.07) is 0. The fourth-order valence-corrected chi connectivity index (χ4v) is 2.52. The number of hydrogen-bond acceptors (Lipinski definition) is 5. The first kappa shape index (κ1) is 13.6. The van der Waals surface area contributed by atoms with Gasteiger partial charge in [-0.05, 0) is 12.8 Å². The van der Waals surface area contributed by atoms with Gasteiger partial charge < -0.3 is 14.4 Å². The van der Waals surface area contributed by atoms with Crippen molar-refractivity contribution in [3.05, 3.63) is 18.5 Å². The van der Waals surface area contributed by atoms with Crippen LogP contribution in [0.2, 0.25) is 0 Å². The first-order chi connectivity index (χ1) is 8.86. The van der Waals surface area contributed by atoms with Crippen LogP contribution < -0.4 is 0 Å². The Morgan fingerprint density at radius 1 is 1.44 bits per heavy atom. The molecule has 1 heterocycles. The molecule has 1 aliphatic rings. The Morgan fingerprint density at radius 3 is 2.94 bits per heavy atom. The van der Waals surface area contributed by atoms with Gasteiger partial charge in [0.2, 0.25) is 0 Å². The average Bonchev–Trinajstić information content (AvgIpc) is 3.14. The Hall–Kier alpha value is -0.850. The van der Waals surface area contributed by atoms with Gasteiger partial charge in [-0.3, -0.25) is 0 Å². The summed E-state index contributed by atoms with van der Waals surface area (Å²) in [4.78, 5) is 0. The standard InChI is InChI=1S/C12H19N3O2S/c1-2-5-15-11(10-3-4-10)13-14-12(15)18-9-8-17-7-6-16/h2,10,16H,1,3-9H2. The molecule has 18 heavy (non-hydrogen) atoms. The molecule has 100 valence electrons. The number of hydrogen-bond donors (Lipinski definition) is 1. The van der Waals surface area contributed by atoms with E-state index in [0.717, 1.165) is 23.3 Å². The van der Waals surface area contributed by atoms with Gasteiger partial charge in [-0.25, -0.2) is 0 Å². The highest BCUT2D eigenvalue weighted by atomic mass is 32.2. The van der Waals surface area contributed by atoms with Crippen molar-refractivity contribution in [2.24, 2.45) is 0 Å². The Bertz CT molecular complexity index is 391. The predicted octanol–water partition coefficient (Wildman–Crippen LogP) is 1.44. The quantitative estimate of drug-likeness (QED) is 0.417. The summed E-state index contributed by atoms with van der Waals surface area (Å²) in [5, 5.41) is 18.0. The lowest BCUT2D eigenvalue weighted by atomic mass is 10.4. The summed E-state index contributed by atoms with van der Waals surface area (Å²) in [6.07, 6.45) is 4.32. The van der Waals surface area contributed by atoms with Crippen LogP contribution in [-0.4, -0.2) is 45.4 Å². The minimum absolute atomic E-state index is 0.0726. The Balaban J connectivity index is 1.88. The third kappa shape index (κ3) is 3.57. The van der Waals surface area contributed by atoms with Crippen molar-refractivity contribution >= 4 is 11.8 Å². The number of thioether (sulfide) groups is 1. The summed E-state index contributed by atoms with van der Waals surface area (Å²) in [5.74, 6) is 2.51. The summed E-state index contributed by atoms with van der Waals surface area (Å²) in [5.41, 5.74) is 0. The van der Waals surface area contributed by atoms with E-state index in [0.29, 0.717) is 19.1 Å². The molecule has 1 fully saturated rings. The van der Waals surface area contributed by atoms with E-state index < -0.39 is 0 Å².